The van der Waals surface area contributed by atoms with Crippen LogP contribution in [-0.4, -0.2) is 91.0 Å². The summed E-state index contributed by atoms with van der Waals surface area (Å²) in [6.07, 6.45) is 22.0. The molecular formula is C115H118BrN6NaO10P4PdSn. The largest absolute Gasteiger partial charge is 1.00 e. The molecule has 6 heterocycles. The number of rotatable bonds is 27. The summed E-state index contributed by atoms with van der Waals surface area (Å²) in [6.45, 7) is 6.89. The Morgan fingerprint density at radius 2 is 0.525 bits per heavy atom. The zero-order valence-electron chi connectivity index (χ0n) is 77.5. The van der Waals surface area contributed by atoms with Crippen molar-refractivity contribution in [1.82, 2.24) is 29.9 Å². The van der Waals surface area contributed by atoms with E-state index in [9.17, 15) is 14.4 Å². The summed E-state index contributed by atoms with van der Waals surface area (Å²) in [4.78, 5) is 56.5. The molecule has 0 bridgehead atoms. The average molecular weight is 2200 g/mol. The first-order valence-corrected chi connectivity index (χ1v) is 58.0. The Kier molecular flexibility index (Phi) is 55.6. The molecule has 0 fully saturated rings. The molecule has 18 aromatic rings. The number of carboxylic acid groups (broad SMARTS) is 1. The second kappa shape index (κ2) is 66.4. The van der Waals surface area contributed by atoms with Crippen molar-refractivity contribution in [3.8, 4) is 22.9 Å². The van der Waals surface area contributed by atoms with Crippen molar-refractivity contribution in [3.05, 3.63) is 478 Å². The fourth-order valence-electron chi connectivity index (χ4n) is 14.3. The van der Waals surface area contributed by atoms with E-state index in [0.29, 0.717) is 28.6 Å². The van der Waals surface area contributed by atoms with E-state index >= 15 is 0 Å². The molecule has 139 heavy (non-hydrogen) atoms. The second-order valence-corrected chi connectivity index (χ2v) is 52.6. The van der Waals surface area contributed by atoms with Crippen LogP contribution in [0, 0.1) is 0 Å². The second-order valence-electron chi connectivity index (χ2n) is 30.0. The zero-order chi connectivity index (χ0) is 93.8. The van der Waals surface area contributed by atoms with Gasteiger partial charge in [-0.25, -0.2) is 39.3 Å². The molecule has 24 heteroatoms. The molecule has 0 unspecified atom stereocenters. The van der Waals surface area contributed by atoms with Crippen LogP contribution in [0.25, 0.3) is 22.9 Å². The molecule has 0 atom stereocenters. The fraction of sp³-hybridized carbons (Fsp3) is 0.139. The van der Waals surface area contributed by atoms with Gasteiger partial charge in [-0.15, -0.1) is 0 Å². The summed E-state index contributed by atoms with van der Waals surface area (Å²) in [6, 6.07) is 139. The van der Waals surface area contributed by atoms with Crippen LogP contribution in [0.5, 0.6) is 0 Å². The monoisotopic (exact) mass is 2190 g/mol. The third-order valence-electron chi connectivity index (χ3n) is 20.7. The molecule has 2 N–H and O–H groups in total. The number of hydrogen-bond donors (Lipinski definition) is 1. The quantitative estimate of drug-likeness (QED) is 0.0286. The van der Waals surface area contributed by atoms with Gasteiger partial charge in [0.05, 0.1) is 26.6 Å². The van der Waals surface area contributed by atoms with Gasteiger partial charge < -0.3 is 28.9 Å². The number of pyridine rings is 3. The molecule has 710 valence electrons. The number of aromatic nitrogens is 6. The summed E-state index contributed by atoms with van der Waals surface area (Å²) >= 11 is 0.902. The summed E-state index contributed by atoms with van der Waals surface area (Å²) in [7, 11) is 0.848. The minimum atomic E-state index is -2.31. The smallest absolute Gasteiger partial charge is 0.870 e. The van der Waals surface area contributed by atoms with Crippen molar-refractivity contribution in [2.45, 2.75) is 87.5 Å². The van der Waals surface area contributed by atoms with Crippen LogP contribution in [0.4, 0.5) is 0 Å². The number of carbonyl (C=O) groups excluding carboxylic acids is 2. The number of methoxy groups -OCH3 is 2. The molecule has 18 rings (SSSR count). The maximum Gasteiger partial charge on any atom is 1.00 e. The van der Waals surface area contributed by atoms with Crippen LogP contribution in [-0.2, 0) is 29.9 Å². The maximum absolute atomic E-state index is 11.2. The first-order valence-electron chi connectivity index (χ1n) is 44.4. The molecule has 0 radical (unpaired) electrons. The Balaban J connectivity index is 0.000000244. The Hall–Kier alpha value is -11.2. The van der Waals surface area contributed by atoms with Crippen LogP contribution >= 0.6 is 47.6 Å². The molecule has 0 saturated heterocycles. The number of unbranched alkanes of at least 4 members (excludes halogenated alkanes) is 3. The number of ether oxygens (including phenoxy) is 2. The molecule has 0 aliphatic carbocycles. The van der Waals surface area contributed by atoms with E-state index in [0.717, 1.165) is 4.47 Å². The van der Waals surface area contributed by atoms with Crippen molar-refractivity contribution in [3.63, 3.8) is 0 Å². The Morgan fingerprint density at radius 3 is 0.727 bits per heavy atom. The predicted molar refractivity (Wildman–Crippen MR) is 578 cm³/mol. The third-order valence-corrected chi connectivity index (χ3v) is 45.5. The third kappa shape index (κ3) is 37.7. The number of nitrogens with zero attached hydrogens (tertiary/aromatic N) is 6. The number of aromatic carboxylic acids is 1. The summed E-state index contributed by atoms with van der Waals surface area (Å²) < 4.78 is 31.2. The average Bonchev–Trinajstić information content (AvgIpc) is 1.65. The van der Waals surface area contributed by atoms with Gasteiger partial charge in [0.2, 0.25) is 11.8 Å². The van der Waals surface area contributed by atoms with Gasteiger partial charge in [0.1, 0.15) is 29.6 Å². The van der Waals surface area contributed by atoms with Crippen molar-refractivity contribution < 1.29 is 97.7 Å². The van der Waals surface area contributed by atoms with Crippen LogP contribution in [0.1, 0.15) is 106 Å². The van der Waals surface area contributed by atoms with Crippen molar-refractivity contribution >= 4 is 151 Å². The number of oxazole rings is 3. The number of esters is 2. The maximum atomic E-state index is 11.2. The predicted octanol–water partition coefficient (Wildman–Crippen LogP) is 21.2. The molecule has 0 aliphatic rings. The molecule has 0 aliphatic heterocycles. The number of carbonyl (C=O) groups is 3. The van der Waals surface area contributed by atoms with Gasteiger partial charge in [0, 0.05) is 54.6 Å². The van der Waals surface area contributed by atoms with E-state index in [1.54, 1.807) is 36.6 Å². The Labute approximate surface area is 873 Å². The minimum absolute atomic E-state index is 0. The van der Waals surface area contributed by atoms with Crippen molar-refractivity contribution in [1.29, 1.82) is 0 Å². The topological polar surface area (TPSA) is 237 Å². The van der Waals surface area contributed by atoms with Gasteiger partial charge in [0.25, 0.3) is 0 Å². The molecule has 0 amide bonds. The van der Waals surface area contributed by atoms with Crippen molar-refractivity contribution in [2.24, 2.45) is 0 Å². The number of benzene rings is 12. The summed E-state index contributed by atoms with van der Waals surface area (Å²) in [5.41, 5.74) is 1.80. The first-order chi connectivity index (χ1) is 65.9. The molecule has 0 saturated carbocycles. The summed E-state index contributed by atoms with van der Waals surface area (Å²) in [5, 5.41) is 25.5. The van der Waals surface area contributed by atoms with Gasteiger partial charge in [0.15, 0.2) is 0 Å². The van der Waals surface area contributed by atoms with E-state index in [-0.39, 0.29) is 81.7 Å². The van der Waals surface area contributed by atoms with Crippen LogP contribution in [0.3, 0.4) is 0 Å². The molecule has 12 aromatic carbocycles. The van der Waals surface area contributed by atoms with Gasteiger partial charge in [-0.05, 0) is 132 Å². The van der Waals surface area contributed by atoms with E-state index in [1.165, 1.54) is 183 Å². The van der Waals surface area contributed by atoms with E-state index < -0.39 is 68.0 Å². The SMILES string of the molecule is C.C.CCC[CH2][Sn]([CH2]CCC)([CH2]CCC)[c]1ncco1.COC(=O)c1cc(-c2ncco2)ccn1.COC(=O)c1cc(Br)ccn1.O=C(O)c1cc(-c2ncco2)ccn1.[Na+].[OH-].[Pd].c1ccc(P(c2ccccc2)c2ccccc2)cc1.c1ccc(P(c2ccccc2)c2ccccc2)cc1.c1ccc(P(c2ccccc2)c2ccccc2)cc1.c1ccc(P(c2ccccc2)c2ccccc2)cc1. The van der Waals surface area contributed by atoms with Crippen molar-refractivity contribution in [2.75, 3.05) is 14.2 Å². The number of halogens is 1. The van der Waals surface area contributed by atoms with Crippen LogP contribution < -0.4 is 97.1 Å². The van der Waals surface area contributed by atoms with Gasteiger partial charge in [-0.2, -0.15) is 0 Å². The standard InChI is InChI=1S/4C18H15P.C10H8N2O3.C9H6N2O3.C7H6BrNO2.3C4H9.C3H2NO.2CH4.Na.H2O.Pd.Sn/c4*1-4-10-16(11-5-1)19(17-12-6-2-7-13-17)18-14-8-3-9-15-18;1-14-10(13)8-6-7(2-3-11-8)9-12-4-5-15-9;12-9(13)7-5-6(1-2-10-7)8-11-3-4-14-8;1-11-7(10)6-4-5(8)2-3-9-6;3*1-3-4-2;1-2-5-3-4-1;;;;;;/h4*1-15H;2-6H,1H3;1-5H,(H,12,13);2-4H,1H3;3*1,3-4H2,2H3;1-2H;2*1H4;;1H2;;/q;;;;;;;;;;;;;+1;;;/p-1. The summed E-state index contributed by atoms with van der Waals surface area (Å²) in [5.74, 6) is -1.15. The van der Waals surface area contributed by atoms with E-state index in [4.69, 9.17) is 18.4 Å². The number of carboxylic acids is 1. The Morgan fingerprint density at radius 1 is 0.309 bits per heavy atom. The van der Waals surface area contributed by atoms with Gasteiger partial charge in [-0.1, -0.05) is 395 Å². The van der Waals surface area contributed by atoms with E-state index in [2.05, 4.69) is 440 Å². The van der Waals surface area contributed by atoms with Crippen LogP contribution in [0.2, 0.25) is 13.3 Å². The minimum Gasteiger partial charge on any atom is -0.870 e. The molecular weight excluding hydrogens is 2080 g/mol. The molecule has 16 nitrogen and oxygen atoms in total. The van der Waals surface area contributed by atoms with Gasteiger partial charge >= 0.3 is 164 Å². The molecule has 6 aromatic heterocycles. The van der Waals surface area contributed by atoms with Gasteiger partial charge in [-0.3, -0.25) is 0 Å². The first kappa shape index (κ1) is 116. The fourth-order valence-corrected chi connectivity index (χ4v) is 38.5. The van der Waals surface area contributed by atoms with E-state index in [1.807, 2.05) is 6.20 Å². The normalized spacial score (nSPS) is 10.1. The zero-order valence-corrected chi connectivity index (χ0v) is 89.1. The molecule has 0 spiro atoms. The number of hydrogen-bond acceptors (Lipinski definition) is 15. The van der Waals surface area contributed by atoms with Crippen LogP contribution in [0.15, 0.2) is 474 Å². The Bertz CT molecular complexity index is 5420.